The summed E-state index contributed by atoms with van der Waals surface area (Å²) in [4.78, 5) is 7.96. The molecule has 0 amide bonds. The van der Waals surface area contributed by atoms with E-state index in [1.54, 1.807) is 0 Å². The predicted molar refractivity (Wildman–Crippen MR) is 92.8 cm³/mol. The Morgan fingerprint density at radius 2 is 1.82 bits per heavy atom. The Kier molecular flexibility index (Phi) is 5.00. The molecule has 0 atom stereocenters. The van der Waals surface area contributed by atoms with E-state index in [0.717, 1.165) is 42.8 Å². The van der Waals surface area contributed by atoms with Gasteiger partial charge in [-0.25, -0.2) is 4.98 Å². The average Bonchev–Trinajstić information content (AvgIpc) is 2.97. The summed E-state index contributed by atoms with van der Waals surface area (Å²) >= 11 is 0. The second kappa shape index (κ2) is 7.57. The molecule has 1 aromatic heterocycles. The molecule has 0 unspecified atom stereocenters. The summed E-state index contributed by atoms with van der Waals surface area (Å²) < 4.78 is 0. The van der Waals surface area contributed by atoms with Crippen LogP contribution in [0.3, 0.4) is 0 Å². The van der Waals surface area contributed by atoms with Crippen LogP contribution in [-0.4, -0.2) is 23.1 Å². The molecule has 0 fully saturated rings. The lowest BCUT2D eigenvalue weighted by molar-refractivity contribution is 0.681. The third-order valence-corrected chi connectivity index (χ3v) is 3.58. The van der Waals surface area contributed by atoms with Gasteiger partial charge in [0, 0.05) is 13.0 Å². The number of nitrogens with zero attached hydrogens (tertiary/aromatic N) is 1. The van der Waals surface area contributed by atoms with Gasteiger partial charge in [-0.05, 0) is 30.7 Å². The van der Waals surface area contributed by atoms with Crippen molar-refractivity contribution in [2.75, 3.05) is 13.1 Å². The number of benzene rings is 2. The second-order valence-electron chi connectivity index (χ2n) is 5.32. The van der Waals surface area contributed by atoms with Crippen molar-refractivity contribution in [1.29, 1.82) is 0 Å². The molecule has 2 N–H and O–H groups in total. The molecular weight excluding hydrogens is 270 g/mol. The molecule has 22 heavy (non-hydrogen) atoms. The Labute approximate surface area is 131 Å². The van der Waals surface area contributed by atoms with E-state index in [1.165, 1.54) is 5.56 Å². The number of fused-ring (bicyclic) bond motifs is 1. The average molecular weight is 291 g/mol. The molecule has 2 aromatic carbocycles. The van der Waals surface area contributed by atoms with Crippen LogP contribution in [0.2, 0.25) is 0 Å². The van der Waals surface area contributed by atoms with E-state index in [9.17, 15) is 0 Å². The first kappa shape index (κ1) is 14.5. The highest BCUT2D eigenvalue weighted by Gasteiger charge is 2.00. The molecule has 0 saturated carbocycles. The summed E-state index contributed by atoms with van der Waals surface area (Å²) in [5.74, 6) is 1.07. The topological polar surface area (TPSA) is 40.7 Å². The van der Waals surface area contributed by atoms with Crippen molar-refractivity contribution in [2.45, 2.75) is 12.8 Å². The zero-order valence-electron chi connectivity index (χ0n) is 12.6. The summed E-state index contributed by atoms with van der Waals surface area (Å²) in [5, 5.41) is 3.43. The van der Waals surface area contributed by atoms with Gasteiger partial charge in [0.2, 0.25) is 0 Å². The van der Waals surface area contributed by atoms with Gasteiger partial charge < -0.3 is 10.3 Å². The number of aromatic nitrogens is 2. The molecule has 0 aliphatic carbocycles. The van der Waals surface area contributed by atoms with Gasteiger partial charge in [0.05, 0.1) is 11.0 Å². The number of aromatic amines is 1. The molecular formula is C19H21N3. The van der Waals surface area contributed by atoms with Crippen LogP contribution in [0.5, 0.6) is 0 Å². The smallest absolute Gasteiger partial charge is 0.107 e. The fourth-order valence-corrected chi connectivity index (χ4v) is 2.45. The third-order valence-electron chi connectivity index (χ3n) is 3.58. The number of imidazole rings is 1. The minimum atomic E-state index is 0.898. The zero-order valence-corrected chi connectivity index (χ0v) is 12.6. The van der Waals surface area contributed by atoms with Crippen LogP contribution in [0.15, 0.2) is 60.7 Å². The summed E-state index contributed by atoms with van der Waals surface area (Å²) in [5.41, 5.74) is 3.42. The van der Waals surface area contributed by atoms with Gasteiger partial charge in [-0.2, -0.15) is 0 Å². The first-order valence-electron chi connectivity index (χ1n) is 7.78. The molecule has 0 spiro atoms. The van der Waals surface area contributed by atoms with E-state index in [1.807, 2.05) is 24.3 Å². The Hall–Kier alpha value is -2.39. The Balaban J connectivity index is 1.36. The van der Waals surface area contributed by atoms with Gasteiger partial charge in [0.25, 0.3) is 0 Å². The van der Waals surface area contributed by atoms with Crippen LogP contribution < -0.4 is 5.32 Å². The van der Waals surface area contributed by atoms with E-state index in [0.29, 0.717) is 0 Å². The lowest BCUT2D eigenvalue weighted by Gasteiger charge is -2.00. The monoisotopic (exact) mass is 291 g/mol. The van der Waals surface area contributed by atoms with Crippen LogP contribution in [0.1, 0.15) is 17.8 Å². The molecule has 0 radical (unpaired) electrons. The van der Waals surface area contributed by atoms with E-state index in [2.05, 4.69) is 57.8 Å². The van der Waals surface area contributed by atoms with Crippen molar-refractivity contribution in [1.82, 2.24) is 15.3 Å². The summed E-state index contributed by atoms with van der Waals surface area (Å²) in [7, 11) is 0. The van der Waals surface area contributed by atoms with Crippen LogP contribution in [0.25, 0.3) is 17.1 Å². The predicted octanol–water partition coefficient (Wildman–Crippen LogP) is 3.80. The van der Waals surface area contributed by atoms with Crippen molar-refractivity contribution in [2.24, 2.45) is 0 Å². The maximum absolute atomic E-state index is 4.59. The molecule has 3 nitrogen and oxygen atoms in total. The van der Waals surface area contributed by atoms with Crippen molar-refractivity contribution < 1.29 is 0 Å². The lowest BCUT2D eigenvalue weighted by Crippen LogP contribution is -2.15. The maximum Gasteiger partial charge on any atom is 0.107 e. The summed E-state index contributed by atoms with van der Waals surface area (Å²) in [6.45, 7) is 1.89. The minimum Gasteiger partial charge on any atom is -0.342 e. The van der Waals surface area contributed by atoms with E-state index >= 15 is 0 Å². The molecule has 1 heterocycles. The number of rotatable bonds is 7. The van der Waals surface area contributed by atoms with E-state index < -0.39 is 0 Å². The van der Waals surface area contributed by atoms with Gasteiger partial charge in [-0.1, -0.05) is 54.6 Å². The normalized spacial score (nSPS) is 11.5. The molecule has 3 rings (SSSR count). The first-order valence-corrected chi connectivity index (χ1v) is 7.78. The van der Waals surface area contributed by atoms with Crippen molar-refractivity contribution in [3.8, 4) is 0 Å². The van der Waals surface area contributed by atoms with Crippen LogP contribution >= 0.6 is 0 Å². The molecule has 0 saturated heterocycles. The van der Waals surface area contributed by atoms with Gasteiger partial charge in [0.1, 0.15) is 5.82 Å². The highest BCUT2D eigenvalue weighted by atomic mass is 14.9. The largest absolute Gasteiger partial charge is 0.342 e. The highest BCUT2D eigenvalue weighted by molar-refractivity contribution is 5.74. The Bertz CT molecular complexity index is 696. The molecule has 0 aliphatic rings. The van der Waals surface area contributed by atoms with Gasteiger partial charge in [-0.3, -0.25) is 0 Å². The van der Waals surface area contributed by atoms with Crippen molar-refractivity contribution >= 4 is 17.1 Å². The number of aryl methyl sites for hydroxylation is 1. The molecule has 3 aromatic rings. The zero-order chi connectivity index (χ0) is 15.0. The summed E-state index contributed by atoms with van der Waals surface area (Å²) in [6.07, 6.45) is 6.37. The van der Waals surface area contributed by atoms with Crippen LogP contribution in [-0.2, 0) is 6.42 Å². The third kappa shape index (κ3) is 4.06. The standard InChI is InChI=1S/C19H21N3/c1-2-8-16(9-3-1)10-6-14-20-15-7-13-19-21-17-11-4-5-12-18(17)22-19/h1-6,8-12,20H,7,13-15H2,(H,21,22)/b10-6+. The van der Waals surface area contributed by atoms with Gasteiger partial charge in [0.15, 0.2) is 0 Å². The molecule has 0 bridgehead atoms. The molecule has 0 aliphatic heterocycles. The van der Waals surface area contributed by atoms with Gasteiger partial charge >= 0.3 is 0 Å². The van der Waals surface area contributed by atoms with Crippen LogP contribution in [0, 0.1) is 0 Å². The van der Waals surface area contributed by atoms with Crippen molar-refractivity contribution in [3.05, 3.63) is 72.1 Å². The number of para-hydroxylation sites is 2. The number of nitrogens with one attached hydrogen (secondary N) is 2. The van der Waals surface area contributed by atoms with E-state index in [-0.39, 0.29) is 0 Å². The number of hydrogen-bond donors (Lipinski definition) is 2. The maximum atomic E-state index is 4.59. The quantitative estimate of drug-likeness (QED) is 0.650. The lowest BCUT2D eigenvalue weighted by atomic mass is 10.2. The summed E-state index contributed by atoms with van der Waals surface area (Å²) in [6, 6.07) is 18.5. The molecule has 3 heteroatoms. The minimum absolute atomic E-state index is 0.898. The van der Waals surface area contributed by atoms with Gasteiger partial charge in [-0.15, -0.1) is 0 Å². The number of H-pyrrole nitrogens is 1. The van der Waals surface area contributed by atoms with Crippen LogP contribution in [0.4, 0.5) is 0 Å². The fraction of sp³-hybridized carbons (Fsp3) is 0.211. The first-order chi connectivity index (χ1) is 10.9. The fourth-order valence-electron chi connectivity index (χ4n) is 2.45. The SMILES string of the molecule is C(=C\c1ccccc1)/CNCCCc1nc2ccccc2[nH]1. The number of hydrogen-bond acceptors (Lipinski definition) is 2. The Morgan fingerprint density at radius 3 is 2.68 bits per heavy atom. The highest BCUT2D eigenvalue weighted by Crippen LogP contribution is 2.11. The molecule has 112 valence electrons. The second-order valence-corrected chi connectivity index (χ2v) is 5.32. The van der Waals surface area contributed by atoms with E-state index in [4.69, 9.17) is 0 Å². The van der Waals surface area contributed by atoms with Crippen molar-refractivity contribution in [3.63, 3.8) is 0 Å². The Morgan fingerprint density at radius 1 is 1.00 bits per heavy atom.